The number of ether oxygens (including phenoxy) is 1. The Bertz CT molecular complexity index is 227. The van der Waals surface area contributed by atoms with Gasteiger partial charge in [-0.2, -0.15) is 0 Å². The molecule has 0 unspecified atom stereocenters. The van der Waals surface area contributed by atoms with E-state index < -0.39 is 10.0 Å². The van der Waals surface area contributed by atoms with E-state index in [0.29, 0.717) is 19.5 Å². The standard InChI is InChI=1S/C8H19NO4S/c1-3-9(5-4-6-10)14(11,12)8-7-13-2/h10H,3-8H2,1-2H3. The normalized spacial score (nSPS) is 12.3. The van der Waals surface area contributed by atoms with Crippen LogP contribution in [-0.4, -0.2) is 57.0 Å². The van der Waals surface area contributed by atoms with Crippen molar-refractivity contribution in [3.05, 3.63) is 0 Å². The van der Waals surface area contributed by atoms with Crippen LogP contribution in [0.5, 0.6) is 0 Å². The van der Waals surface area contributed by atoms with Gasteiger partial charge in [0.25, 0.3) is 0 Å². The fraction of sp³-hybridized carbons (Fsp3) is 1.00. The second kappa shape index (κ2) is 7.17. The molecule has 0 saturated carbocycles. The molecule has 0 atom stereocenters. The van der Waals surface area contributed by atoms with E-state index >= 15 is 0 Å². The van der Waals surface area contributed by atoms with Gasteiger partial charge in [0.1, 0.15) is 0 Å². The van der Waals surface area contributed by atoms with E-state index in [2.05, 4.69) is 0 Å². The number of rotatable bonds is 8. The Morgan fingerprint density at radius 2 is 2.07 bits per heavy atom. The predicted molar refractivity (Wildman–Crippen MR) is 54.6 cm³/mol. The molecular formula is C8H19NO4S. The average molecular weight is 225 g/mol. The van der Waals surface area contributed by atoms with Gasteiger partial charge in [-0.25, -0.2) is 12.7 Å². The molecular weight excluding hydrogens is 206 g/mol. The molecule has 86 valence electrons. The minimum absolute atomic E-state index is 0.00275. The summed E-state index contributed by atoms with van der Waals surface area (Å²) in [6.07, 6.45) is 0.472. The maximum Gasteiger partial charge on any atom is 0.216 e. The SMILES string of the molecule is CCN(CCCO)S(=O)(=O)CCOC. The molecule has 0 amide bonds. The van der Waals surface area contributed by atoms with Crippen molar-refractivity contribution in [1.82, 2.24) is 4.31 Å². The van der Waals surface area contributed by atoms with Crippen molar-refractivity contribution in [3.8, 4) is 0 Å². The minimum atomic E-state index is -3.21. The van der Waals surface area contributed by atoms with Gasteiger partial charge < -0.3 is 9.84 Å². The largest absolute Gasteiger partial charge is 0.396 e. The van der Waals surface area contributed by atoms with Crippen LogP contribution in [0.4, 0.5) is 0 Å². The number of nitrogens with zero attached hydrogens (tertiary/aromatic N) is 1. The Hall–Kier alpha value is -0.170. The molecule has 5 nitrogen and oxygen atoms in total. The molecule has 6 heteroatoms. The van der Waals surface area contributed by atoms with Gasteiger partial charge in [-0.3, -0.25) is 0 Å². The highest BCUT2D eigenvalue weighted by Gasteiger charge is 2.18. The zero-order valence-electron chi connectivity index (χ0n) is 8.77. The summed E-state index contributed by atoms with van der Waals surface area (Å²) in [5.41, 5.74) is 0. The summed E-state index contributed by atoms with van der Waals surface area (Å²) in [4.78, 5) is 0. The fourth-order valence-corrected chi connectivity index (χ4v) is 2.49. The smallest absolute Gasteiger partial charge is 0.216 e. The monoisotopic (exact) mass is 225 g/mol. The van der Waals surface area contributed by atoms with Crippen LogP contribution >= 0.6 is 0 Å². The Morgan fingerprint density at radius 1 is 1.43 bits per heavy atom. The van der Waals surface area contributed by atoms with Crippen molar-refractivity contribution < 1.29 is 18.3 Å². The molecule has 0 aromatic rings. The second-order valence-electron chi connectivity index (χ2n) is 2.88. The molecule has 0 aliphatic rings. The van der Waals surface area contributed by atoms with Crippen molar-refractivity contribution in [2.24, 2.45) is 0 Å². The third-order valence-corrected chi connectivity index (χ3v) is 3.77. The van der Waals surface area contributed by atoms with Gasteiger partial charge in [0.05, 0.1) is 12.4 Å². The van der Waals surface area contributed by atoms with Crippen LogP contribution in [0, 0.1) is 0 Å². The van der Waals surface area contributed by atoms with E-state index in [4.69, 9.17) is 9.84 Å². The van der Waals surface area contributed by atoms with Crippen LogP contribution in [0.2, 0.25) is 0 Å². The molecule has 0 aliphatic heterocycles. The number of aliphatic hydroxyl groups is 1. The summed E-state index contributed by atoms with van der Waals surface area (Å²) in [6, 6.07) is 0. The van der Waals surface area contributed by atoms with Crippen LogP contribution in [0.15, 0.2) is 0 Å². The number of aliphatic hydroxyl groups excluding tert-OH is 1. The minimum Gasteiger partial charge on any atom is -0.396 e. The van der Waals surface area contributed by atoms with E-state index in [1.54, 1.807) is 6.92 Å². The topological polar surface area (TPSA) is 66.8 Å². The maximum absolute atomic E-state index is 11.6. The van der Waals surface area contributed by atoms with E-state index in [-0.39, 0.29) is 19.0 Å². The van der Waals surface area contributed by atoms with Crippen LogP contribution in [0.25, 0.3) is 0 Å². The lowest BCUT2D eigenvalue weighted by Gasteiger charge is -2.19. The Kier molecular flexibility index (Phi) is 7.08. The predicted octanol–water partition coefficient (Wildman–Crippen LogP) is -0.333. The van der Waals surface area contributed by atoms with Crippen molar-refractivity contribution in [2.75, 3.05) is 39.2 Å². The summed E-state index contributed by atoms with van der Waals surface area (Å²) < 4.78 is 29.3. The van der Waals surface area contributed by atoms with E-state index in [1.807, 2.05) is 0 Å². The maximum atomic E-state index is 11.6. The highest BCUT2D eigenvalue weighted by atomic mass is 32.2. The Morgan fingerprint density at radius 3 is 2.50 bits per heavy atom. The van der Waals surface area contributed by atoms with Crippen molar-refractivity contribution in [3.63, 3.8) is 0 Å². The van der Waals surface area contributed by atoms with Gasteiger partial charge in [0, 0.05) is 26.8 Å². The number of hydrogen-bond donors (Lipinski definition) is 1. The van der Waals surface area contributed by atoms with Crippen LogP contribution in [-0.2, 0) is 14.8 Å². The summed E-state index contributed by atoms with van der Waals surface area (Å²) in [5, 5.41) is 8.61. The van der Waals surface area contributed by atoms with Gasteiger partial charge in [0.15, 0.2) is 0 Å². The third-order valence-electron chi connectivity index (χ3n) is 1.86. The highest BCUT2D eigenvalue weighted by molar-refractivity contribution is 7.89. The van der Waals surface area contributed by atoms with Gasteiger partial charge >= 0.3 is 0 Å². The van der Waals surface area contributed by atoms with Crippen LogP contribution in [0.3, 0.4) is 0 Å². The summed E-state index contributed by atoms with van der Waals surface area (Å²) in [5.74, 6) is 0.00275. The van der Waals surface area contributed by atoms with Crippen molar-refractivity contribution in [2.45, 2.75) is 13.3 Å². The fourth-order valence-electron chi connectivity index (χ4n) is 1.06. The van der Waals surface area contributed by atoms with E-state index in [0.717, 1.165) is 0 Å². The van der Waals surface area contributed by atoms with Gasteiger partial charge in [0.2, 0.25) is 10.0 Å². The van der Waals surface area contributed by atoms with Crippen molar-refractivity contribution in [1.29, 1.82) is 0 Å². The van der Waals surface area contributed by atoms with Gasteiger partial charge in [-0.15, -0.1) is 0 Å². The first-order chi connectivity index (χ1) is 6.58. The van der Waals surface area contributed by atoms with Gasteiger partial charge in [-0.05, 0) is 6.42 Å². The molecule has 0 saturated heterocycles. The first-order valence-electron chi connectivity index (χ1n) is 4.66. The zero-order chi connectivity index (χ0) is 11.0. The highest BCUT2D eigenvalue weighted by Crippen LogP contribution is 2.02. The summed E-state index contributed by atoms with van der Waals surface area (Å²) in [6.45, 7) is 2.81. The molecule has 1 N–H and O–H groups in total. The lowest BCUT2D eigenvalue weighted by molar-refractivity contribution is 0.215. The van der Waals surface area contributed by atoms with Crippen LogP contribution < -0.4 is 0 Å². The zero-order valence-corrected chi connectivity index (χ0v) is 9.59. The number of methoxy groups -OCH3 is 1. The lowest BCUT2D eigenvalue weighted by atomic mass is 10.4. The molecule has 0 aromatic carbocycles. The van der Waals surface area contributed by atoms with Gasteiger partial charge in [-0.1, -0.05) is 6.92 Å². The molecule has 0 fully saturated rings. The van der Waals surface area contributed by atoms with E-state index in [9.17, 15) is 8.42 Å². The quantitative estimate of drug-likeness (QED) is 0.614. The second-order valence-corrected chi connectivity index (χ2v) is 4.97. The number of sulfonamides is 1. The molecule has 0 bridgehead atoms. The molecule has 0 radical (unpaired) electrons. The molecule has 0 rings (SSSR count). The summed E-state index contributed by atoms with van der Waals surface area (Å²) in [7, 11) is -1.74. The molecule has 0 heterocycles. The Labute approximate surface area is 85.7 Å². The molecule has 0 aliphatic carbocycles. The van der Waals surface area contributed by atoms with E-state index in [1.165, 1.54) is 11.4 Å². The van der Waals surface area contributed by atoms with Crippen LogP contribution in [0.1, 0.15) is 13.3 Å². The molecule has 0 spiro atoms. The lowest BCUT2D eigenvalue weighted by Crippen LogP contribution is -2.35. The average Bonchev–Trinajstić information content (AvgIpc) is 2.16. The Balaban J connectivity index is 4.19. The summed E-state index contributed by atoms with van der Waals surface area (Å²) >= 11 is 0. The molecule has 0 aromatic heterocycles. The van der Waals surface area contributed by atoms with Crippen molar-refractivity contribution >= 4 is 10.0 Å². The first kappa shape index (κ1) is 13.8. The first-order valence-corrected chi connectivity index (χ1v) is 6.27. The number of hydrogen-bond acceptors (Lipinski definition) is 4. The third kappa shape index (κ3) is 4.90. The molecule has 14 heavy (non-hydrogen) atoms.